The Morgan fingerprint density at radius 2 is 2.09 bits per heavy atom. The minimum Gasteiger partial charge on any atom is -0.355 e. The molecule has 0 aromatic heterocycles. The maximum atomic E-state index is 11.0. The zero-order valence-corrected chi connectivity index (χ0v) is 6.29. The van der Waals surface area contributed by atoms with E-state index in [0.717, 1.165) is 0 Å². The Hall–Kier alpha value is -1.31. The molecule has 0 aliphatic rings. The molecule has 1 N–H and O–H groups in total. The van der Waals surface area contributed by atoms with Crippen molar-refractivity contribution in [1.29, 1.82) is 0 Å². The molecule has 11 heavy (non-hydrogen) atoms. The summed E-state index contributed by atoms with van der Waals surface area (Å²) in [6.07, 6.45) is 0. The van der Waals surface area contributed by atoms with Gasteiger partial charge in [-0.15, -0.1) is 0 Å². The van der Waals surface area contributed by atoms with Crippen LogP contribution in [0, 0.1) is 6.92 Å². The van der Waals surface area contributed by atoms with Crippen LogP contribution in [0.15, 0.2) is 24.3 Å². The van der Waals surface area contributed by atoms with E-state index in [1.165, 1.54) is 0 Å². The van der Waals surface area contributed by atoms with E-state index in [0.29, 0.717) is 11.1 Å². The summed E-state index contributed by atoms with van der Waals surface area (Å²) in [5.41, 5.74) is 1.03. The van der Waals surface area contributed by atoms with Crippen molar-refractivity contribution in [2.45, 2.75) is 0 Å². The van der Waals surface area contributed by atoms with Crippen LogP contribution in [0.25, 0.3) is 0 Å². The number of amides is 1. The van der Waals surface area contributed by atoms with Crippen molar-refractivity contribution < 1.29 is 4.79 Å². The third-order valence-corrected chi connectivity index (χ3v) is 1.43. The average molecular weight is 147 g/mol. The van der Waals surface area contributed by atoms with Gasteiger partial charge in [0.25, 0.3) is 5.91 Å². The molecule has 0 spiro atoms. The normalized spacial score (nSPS) is 9.27. The van der Waals surface area contributed by atoms with Crippen LogP contribution in [0.5, 0.6) is 0 Å². The SMILES string of the molecule is [CH]c1ccccc1C(=O)NC. The molecule has 0 saturated carbocycles. The first-order valence-corrected chi connectivity index (χ1v) is 3.32. The number of carbonyl (C=O) groups is 1. The van der Waals surface area contributed by atoms with Gasteiger partial charge in [-0.1, -0.05) is 18.2 Å². The number of benzene rings is 1. The van der Waals surface area contributed by atoms with Crippen LogP contribution < -0.4 is 5.32 Å². The molecule has 0 atom stereocenters. The van der Waals surface area contributed by atoms with Crippen molar-refractivity contribution >= 4 is 5.91 Å². The van der Waals surface area contributed by atoms with Gasteiger partial charge in [-0.25, -0.2) is 0 Å². The van der Waals surface area contributed by atoms with E-state index in [-0.39, 0.29) is 5.91 Å². The first-order valence-electron chi connectivity index (χ1n) is 3.32. The molecule has 0 fully saturated rings. The molecular formula is C9H9NO. The summed E-state index contributed by atoms with van der Waals surface area (Å²) < 4.78 is 0. The molecule has 0 saturated heterocycles. The average Bonchev–Trinajstić information content (AvgIpc) is 2.04. The lowest BCUT2D eigenvalue weighted by Gasteiger charge is -2.01. The fourth-order valence-corrected chi connectivity index (χ4v) is 0.838. The van der Waals surface area contributed by atoms with Crippen molar-refractivity contribution in [2.75, 3.05) is 7.05 Å². The van der Waals surface area contributed by atoms with Gasteiger partial charge in [0.1, 0.15) is 0 Å². The van der Waals surface area contributed by atoms with Crippen molar-refractivity contribution in [3.05, 3.63) is 42.3 Å². The Morgan fingerprint density at radius 1 is 1.45 bits per heavy atom. The molecular weight excluding hydrogens is 138 g/mol. The Kier molecular flexibility index (Phi) is 2.26. The summed E-state index contributed by atoms with van der Waals surface area (Å²) >= 11 is 0. The zero-order valence-electron chi connectivity index (χ0n) is 6.29. The molecule has 0 unspecified atom stereocenters. The zero-order chi connectivity index (χ0) is 8.27. The molecule has 0 aliphatic heterocycles. The number of hydrogen-bond donors (Lipinski definition) is 1. The van der Waals surface area contributed by atoms with Crippen LogP contribution in [-0.2, 0) is 0 Å². The molecule has 1 aromatic carbocycles. The second kappa shape index (κ2) is 3.19. The molecule has 1 amide bonds. The van der Waals surface area contributed by atoms with Crippen molar-refractivity contribution in [1.82, 2.24) is 5.32 Å². The van der Waals surface area contributed by atoms with Crippen molar-refractivity contribution in [3.63, 3.8) is 0 Å². The van der Waals surface area contributed by atoms with E-state index in [2.05, 4.69) is 5.32 Å². The summed E-state index contributed by atoms with van der Waals surface area (Å²) in [7, 11) is 1.58. The number of carbonyl (C=O) groups excluding carboxylic acids is 1. The minimum atomic E-state index is -0.150. The molecule has 0 heterocycles. The molecule has 2 nitrogen and oxygen atoms in total. The lowest BCUT2D eigenvalue weighted by Crippen LogP contribution is -2.18. The van der Waals surface area contributed by atoms with E-state index in [9.17, 15) is 4.79 Å². The highest BCUT2D eigenvalue weighted by molar-refractivity contribution is 5.95. The molecule has 2 radical (unpaired) electrons. The summed E-state index contributed by atoms with van der Waals surface area (Å²) in [6, 6.07) is 6.96. The van der Waals surface area contributed by atoms with Gasteiger partial charge >= 0.3 is 0 Å². The quantitative estimate of drug-likeness (QED) is 0.633. The number of nitrogens with one attached hydrogen (secondary N) is 1. The lowest BCUT2D eigenvalue weighted by atomic mass is 10.1. The van der Waals surface area contributed by atoms with Gasteiger partial charge in [-0.3, -0.25) is 4.79 Å². The monoisotopic (exact) mass is 147 g/mol. The van der Waals surface area contributed by atoms with Crippen molar-refractivity contribution in [2.24, 2.45) is 0 Å². The van der Waals surface area contributed by atoms with Crippen LogP contribution >= 0.6 is 0 Å². The Labute approximate surface area is 66.2 Å². The highest BCUT2D eigenvalue weighted by atomic mass is 16.1. The summed E-state index contributed by atoms with van der Waals surface area (Å²) in [6.45, 7) is 5.54. The number of hydrogen-bond acceptors (Lipinski definition) is 1. The first kappa shape index (κ1) is 7.79. The van der Waals surface area contributed by atoms with E-state index in [1.807, 2.05) is 0 Å². The van der Waals surface area contributed by atoms with Gasteiger partial charge in [0, 0.05) is 12.6 Å². The second-order valence-corrected chi connectivity index (χ2v) is 2.17. The van der Waals surface area contributed by atoms with E-state index in [1.54, 1.807) is 31.3 Å². The summed E-state index contributed by atoms with van der Waals surface area (Å²) in [5, 5.41) is 2.50. The summed E-state index contributed by atoms with van der Waals surface area (Å²) in [5.74, 6) is -0.150. The fourth-order valence-electron chi connectivity index (χ4n) is 0.838. The van der Waals surface area contributed by atoms with Crippen molar-refractivity contribution in [3.8, 4) is 0 Å². The van der Waals surface area contributed by atoms with Gasteiger partial charge in [0.2, 0.25) is 0 Å². The van der Waals surface area contributed by atoms with Gasteiger partial charge in [0.05, 0.1) is 0 Å². The van der Waals surface area contributed by atoms with Crippen LogP contribution in [0.2, 0.25) is 0 Å². The maximum absolute atomic E-state index is 11.0. The number of rotatable bonds is 1. The predicted octanol–water partition coefficient (Wildman–Crippen LogP) is 1.11. The standard InChI is InChI=1S/C9H9NO/c1-7-5-3-4-6-8(7)9(11)10-2/h1,3-6H,2H3,(H,10,11). The van der Waals surface area contributed by atoms with Gasteiger partial charge in [-0.2, -0.15) is 0 Å². The lowest BCUT2D eigenvalue weighted by molar-refractivity contribution is 0.0963. The minimum absolute atomic E-state index is 0.150. The maximum Gasteiger partial charge on any atom is 0.251 e. The predicted molar refractivity (Wildman–Crippen MR) is 43.2 cm³/mol. The van der Waals surface area contributed by atoms with E-state index >= 15 is 0 Å². The third-order valence-electron chi connectivity index (χ3n) is 1.43. The Morgan fingerprint density at radius 3 is 2.64 bits per heavy atom. The highest BCUT2D eigenvalue weighted by Gasteiger charge is 2.03. The molecule has 1 aromatic rings. The molecule has 0 bridgehead atoms. The molecule has 56 valence electrons. The van der Waals surface area contributed by atoms with E-state index in [4.69, 9.17) is 6.92 Å². The largest absolute Gasteiger partial charge is 0.355 e. The molecule has 0 aliphatic carbocycles. The Balaban J connectivity index is 3.03. The van der Waals surface area contributed by atoms with Gasteiger partial charge in [-0.05, 0) is 18.6 Å². The van der Waals surface area contributed by atoms with E-state index < -0.39 is 0 Å². The van der Waals surface area contributed by atoms with Crippen LogP contribution in [0.1, 0.15) is 15.9 Å². The first-order chi connectivity index (χ1) is 5.25. The van der Waals surface area contributed by atoms with Gasteiger partial charge < -0.3 is 5.32 Å². The molecule has 2 heteroatoms. The summed E-state index contributed by atoms with van der Waals surface area (Å²) in [4.78, 5) is 11.0. The highest BCUT2D eigenvalue weighted by Crippen LogP contribution is 2.05. The van der Waals surface area contributed by atoms with Gasteiger partial charge in [0.15, 0.2) is 0 Å². The second-order valence-electron chi connectivity index (χ2n) is 2.17. The van der Waals surface area contributed by atoms with Crippen LogP contribution in [-0.4, -0.2) is 13.0 Å². The smallest absolute Gasteiger partial charge is 0.251 e. The Bertz CT molecular complexity index is 268. The third kappa shape index (κ3) is 1.58. The topological polar surface area (TPSA) is 29.1 Å². The van der Waals surface area contributed by atoms with Crippen LogP contribution in [0.4, 0.5) is 0 Å². The fraction of sp³-hybridized carbons (Fsp3) is 0.111. The van der Waals surface area contributed by atoms with Crippen LogP contribution in [0.3, 0.4) is 0 Å². The molecule has 1 rings (SSSR count).